The largest absolute Gasteiger partial charge is 0.478 e. The molecule has 0 radical (unpaired) electrons. The average molecular weight is 246 g/mol. The molecule has 0 aliphatic carbocycles. The van der Waals surface area contributed by atoms with Crippen LogP contribution in [0.15, 0.2) is 48.7 Å². The van der Waals surface area contributed by atoms with E-state index >= 15 is 0 Å². The Morgan fingerprint density at radius 3 is 2.44 bits per heavy atom. The van der Waals surface area contributed by atoms with Crippen LogP contribution in [-0.2, 0) is 0 Å². The van der Waals surface area contributed by atoms with Crippen molar-refractivity contribution in [1.82, 2.24) is 4.98 Å². The van der Waals surface area contributed by atoms with Gasteiger partial charge in [-0.25, -0.2) is 9.78 Å². The van der Waals surface area contributed by atoms with Crippen LogP contribution >= 0.6 is 0 Å². The van der Waals surface area contributed by atoms with Crippen LogP contribution in [0.4, 0.5) is 11.5 Å². The molecule has 0 spiro atoms. The number of hydrogen-bond donors (Lipinski definition) is 1. The van der Waals surface area contributed by atoms with E-state index in [-0.39, 0.29) is 11.0 Å². The highest BCUT2D eigenvalue weighted by molar-refractivity contribution is 5.94. The van der Waals surface area contributed by atoms with E-state index < -0.39 is 5.97 Å². The van der Waals surface area contributed by atoms with E-state index in [9.17, 15) is 4.79 Å². The molecule has 0 bridgehead atoms. The Morgan fingerprint density at radius 1 is 1.17 bits per heavy atom. The number of benzene rings is 1. The normalized spacial score (nSPS) is 9.39. The number of pyridine rings is 1. The number of carboxylic acids is 1. The average Bonchev–Trinajstić information content (AvgIpc) is 2.39. The molecule has 1 aromatic heterocycles. The van der Waals surface area contributed by atoms with E-state index in [4.69, 9.17) is 5.11 Å². The molecule has 0 aliphatic rings. The van der Waals surface area contributed by atoms with Crippen LogP contribution in [0.5, 0.6) is 0 Å². The summed E-state index contributed by atoms with van der Waals surface area (Å²) in [5, 5.41) is 9.09. The standard InChI is InChI=1S/C13H12N2O2.H2O/c1-15(10-6-3-2-4-7-10)12-11(13(16)17)8-5-9-14-12;/h2-9H,1H3,(H,16,17);1H2. The zero-order chi connectivity index (χ0) is 12.3. The lowest BCUT2D eigenvalue weighted by atomic mass is 10.2. The maximum absolute atomic E-state index is 11.1. The highest BCUT2D eigenvalue weighted by atomic mass is 16.4. The number of para-hydroxylation sites is 1. The van der Waals surface area contributed by atoms with Crippen molar-refractivity contribution < 1.29 is 15.4 Å². The van der Waals surface area contributed by atoms with E-state index in [1.54, 1.807) is 30.3 Å². The van der Waals surface area contributed by atoms with Crippen LogP contribution in [-0.4, -0.2) is 28.6 Å². The van der Waals surface area contributed by atoms with Gasteiger partial charge in [-0.15, -0.1) is 0 Å². The minimum absolute atomic E-state index is 0. The van der Waals surface area contributed by atoms with Crippen LogP contribution in [0.3, 0.4) is 0 Å². The number of anilines is 2. The van der Waals surface area contributed by atoms with Gasteiger partial charge in [0, 0.05) is 18.9 Å². The van der Waals surface area contributed by atoms with E-state index in [2.05, 4.69) is 4.98 Å². The molecule has 0 saturated carbocycles. The Kier molecular flexibility index (Phi) is 4.39. The molecular formula is C13H14N2O3. The number of aromatic carboxylic acids is 1. The summed E-state index contributed by atoms with van der Waals surface area (Å²) in [5.41, 5.74) is 1.09. The predicted octanol–water partition coefficient (Wildman–Crippen LogP) is 1.72. The van der Waals surface area contributed by atoms with Crippen molar-refractivity contribution in [3.05, 3.63) is 54.2 Å². The second kappa shape index (κ2) is 5.79. The van der Waals surface area contributed by atoms with Crippen molar-refractivity contribution in [2.45, 2.75) is 0 Å². The summed E-state index contributed by atoms with van der Waals surface area (Å²) in [4.78, 5) is 17.0. The highest BCUT2D eigenvalue weighted by Crippen LogP contribution is 2.24. The monoisotopic (exact) mass is 246 g/mol. The quantitative estimate of drug-likeness (QED) is 0.893. The molecule has 94 valence electrons. The molecule has 5 nitrogen and oxygen atoms in total. The summed E-state index contributed by atoms with van der Waals surface area (Å²) < 4.78 is 0. The Bertz CT molecular complexity index is 529. The van der Waals surface area contributed by atoms with Gasteiger partial charge in [-0.2, -0.15) is 0 Å². The number of carboxylic acid groups (broad SMARTS) is 1. The van der Waals surface area contributed by atoms with Crippen LogP contribution in [0.1, 0.15) is 10.4 Å². The van der Waals surface area contributed by atoms with Gasteiger partial charge in [0.05, 0.1) is 0 Å². The SMILES string of the molecule is CN(c1ccccc1)c1ncccc1C(=O)O.O. The molecule has 3 N–H and O–H groups in total. The van der Waals surface area contributed by atoms with Gasteiger partial charge in [0.25, 0.3) is 0 Å². The number of nitrogens with zero attached hydrogens (tertiary/aromatic N) is 2. The van der Waals surface area contributed by atoms with Gasteiger partial charge in [0.2, 0.25) is 0 Å². The highest BCUT2D eigenvalue weighted by Gasteiger charge is 2.14. The van der Waals surface area contributed by atoms with Crippen LogP contribution in [0.2, 0.25) is 0 Å². The summed E-state index contributed by atoms with van der Waals surface area (Å²) in [6.07, 6.45) is 1.58. The first-order valence-corrected chi connectivity index (χ1v) is 5.17. The van der Waals surface area contributed by atoms with Gasteiger partial charge in [-0.05, 0) is 24.3 Å². The fourth-order valence-electron chi connectivity index (χ4n) is 1.61. The third-order valence-electron chi connectivity index (χ3n) is 2.48. The Labute approximate surface area is 105 Å². The summed E-state index contributed by atoms with van der Waals surface area (Å²) in [5.74, 6) is -0.540. The topological polar surface area (TPSA) is 84.9 Å². The molecule has 5 heteroatoms. The Balaban J connectivity index is 0.00000162. The van der Waals surface area contributed by atoms with Gasteiger partial charge < -0.3 is 15.5 Å². The molecule has 0 aliphatic heterocycles. The first kappa shape index (κ1) is 13.7. The van der Waals surface area contributed by atoms with Crippen LogP contribution in [0, 0.1) is 0 Å². The summed E-state index contributed by atoms with van der Waals surface area (Å²) in [6, 6.07) is 12.7. The number of carbonyl (C=O) groups is 1. The van der Waals surface area contributed by atoms with Gasteiger partial charge in [0.1, 0.15) is 11.4 Å². The lowest BCUT2D eigenvalue weighted by Crippen LogP contribution is -2.15. The smallest absolute Gasteiger partial charge is 0.339 e. The molecule has 0 atom stereocenters. The zero-order valence-corrected chi connectivity index (χ0v) is 9.87. The number of aromatic nitrogens is 1. The fourth-order valence-corrected chi connectivity index (χ4v) is 1.61. The maximum Gasteiger partial charge on any atom is 0.339 e. The second-order valence-electron chi connectivity index (χ2n) is 3.57. The van der Waals surface area contributed by atoms with Crippen molar-refractivity contribution >= 4 is 17.5 Å². The number of hydrogen-bond acceptors (Lipinski definition) is 3. The first-order chi connectivity index (χ1) is 8.20. The third-order valence-corrected chi connectivity index (χ3v) is 2.48. The molecule has 1 heterocycles. The molecule has 1 aromatic carbocycles. The number of rotatable bonds is 3. The van der Waals surface area contributed by atoms with Crippen molar-refractivity contribution in [3.8, 4) is 0 Å². The lowest BCUT2D eigenvalue weighted by Gasteiger charge is -2.19. The van der Waals surface area contributed by atoms with E-state index in [0.29, 0.717) is 5.82 Å². The minimum atomic E-state index is -0.976. The van der Waals surface area contributed by atoms with Crippen molar-refractivity contribution in [2.75, 3.05) is 11.9 Å². The zero-order valence-electron chi connectivity index (χ0n) is 9.87. The molecule has 0 amide bonds. The molecule has 2 rings (SSSR count). The second-order valence-corrected chi connectivity index (χ2v) is 3.57. The first-order valence-electron chi connectivity index (χ1n) is 5.17. The minimum Gasteiger partial charge on any atom is -0.478 e. The van der Waals surface area contributed by atoms with Crippen LogP contribution in [0.25, 0.3) is 0 Å². The lowest BCUT2D eigenvalue weighted by molar-refractivity contribution is 0.0697. The third kappa shape index (κ3) is 2.64. The molecular weight excluding hydrogens is 232 g/mol. The molecule has 0 fully saturated rings. The van der Waals surface area contributed by atoms with Crippen molar-refractivity contribution in [1.29, 1.82) is 0 Å². The summed E-state index contributed by atoms with van der Waals surface area (Å²) in [7, 11) is 1.80. The van der Waals surface area contributed by atoms with Crippen molar-refractivity contribution in [3.63, 3.8) is 0 Å². The van der Waals surface area contributed by atoms with E-state index in [0.717, 1.165) is 5.69 Å². The molecule has 18 heavy (non-hydrogen) atoms. The van der Waals surface area contributed by atoms with Gasteiger partial charge in [-0.3, -0.25) is 0 Å². The molecule has 0 unspecified atom stereocenters. The summed E-state index contributed by atoms with van der Waals surface area (Å²) in [6.45, 7) is 0. The van der Waals surface area contributed by atoms with E-state index in [1.165, 1.54) is 0 Å². The molecule has 0 saturated heterocycles. The van der Waals surface area contributed by atoms with Gasteiger partial charge >= 0.3 is 5.97 Å². The van der Waals surface area contributed by atoms with Gasteiger partial charge in [0.15, 0.2) is 0 Å². The molecule has 2 aromatic rings. The maximum atomic E-state index is 11.1. The van der Waals surface area contributed by atoms with Crippen molar-refractivity contribution in [2.24, 2.45) is 0 Å². The van der Waals surface area contributed by atoms with E-state index in [1.807, 2.05) is 30.3 Å². The Hall–Kier alpha value is -2.40. The Morgan fingerprint density at radius 2 is 1.83 bits per heavy atom. The van der Waals surface area contributed by atoms with Crippen LogP contribution < -0.4 is 4.90 Å². The predicted molar refractivity (Wildman–Crippen MR) is 69.3 cm³/mol. The summed E-state index contributed by atoms with van der Waals surface area (Å²) >= 11 is 0. The fraction of sp³-hybridized carbons (Fsp3) is 0.0769. The van der Waals surface area contributed by atoms with Gasteiger partial charge in [-0.1, -0.05) is 18.2 Å².